The zero-order valence-corrected chi connectivity index (χ0v) is 13.2. The molecule has 0 aromatic carbocycles. The molecule has 0 aliphatic heterocycles. The molecule has 0 unspecified atom stereocenters. The fourth-order valence-electron chi connectivity index (χ4n) is 1.91. The van der Waals surface area contributed by atoms with Gasteiger partial charge in [-0.2, -0.15) is 0 Å². The average molecular weight is 286 g/mol. The monoisotopic (exact) mass is 286 g/mol. The first-order chi connectivity index (χ1) is 9.31. The summed E-state index contributed by atoms with van der Waals surface area (Å²) in [7, 11) is 0. The van der Waals surface area contributed by atoms with E-state index in [1.54, 1.807) is 0 Å². The molecule has 0 aromatic rings. The van der Waals surface area contributed by atoms with E-state index in [0.717, 1.165) is 32.1 Å². The van der Waals surface area contributed by atoms with E-state index in [-0.39, 0.29) is 12.4 Å². The van der Waals surface area contributed by atoms with Crippen molar-refractivity contribution in [2.75, 3.05) is 6.61 Å². The summed E-state index contributed by atoms with van der Waals surface area (Å²) in [4.78, 5) is 21.7. The molecule has 0 saturated carbocycles. The van der Waals surface area contributed by atoms with Crippen molar-refractivity contribution < 1.29 is 19.4 Å². The van der Waals surface area contributed by atoms with Gasteiger partial charge in [0.15, 0.2) is 0 Å². The summed E-state index contributed by atoms with van der Waals surface area (Å²) in [5, 5.41) is 8.46. The van der Waals surface area contributed by atoms with Gasteiger partial charge in [-0.3, -0.25) is 9.59 Å². The van der Waals surface area contributed by atoms with Gasteiger partial charge in [-0.05, 0) is 37.5 Å². The Labute approximate surface area is 122 Å². The normalized spacial score (nSPS) is 11.3. The summed E-state index contributed by atoms with van der Waals surface area (Å²) in [6.07, 6.45) is 7.21. The van der Waals surface area contributed by atoms with E-state index >= 15 is 0 Å². The number of carbonyl (C=O) groups is 2. The molecule has 0 aliphatic rings. The van der Waals surface area contributed by atoms with Crippen LogP contribution in [0.4, 0.5) is 0 Å². The van der Waals surface area contributed by atoms with Crippen molar-refractivity contribution in [3.8, 4) is 0 Å². The Morgan fingerprint density at radius 3 is 2.10 bits per heavy atom. The van der Waals surface area contributed by atoms with Crippen LogP contribution in [0.1, 0.15) is 78.6 Å². The predicted octanol–water partition coefficient (Wildman–Crippen LogP) is 4.17. The Morgan fingerprint density at radius 2 is 1.50 bits per heavy atom. The van der Waals surface area contributed by atoms with Crippen molar-refractivity contribution in [1.82, 2.24) is 0 Å². The number of esters is 1. The third-order valence-electron chi connectivity index (χ3n) is 3.11. The first-order valence-corrected chi connectivity index (χ1v) is 7.69. The van der Waals surface area contributed by atoms with E-state index < -0.39 is 5.97 Å². The molecule has 0 rings (SSSR count). The van der Waals surface area contributed by atoms with Gasteiger partial charge in [0, 0.05) is 12.8 Å². The van der Waals surface area contributed by atoms with E-state index in [4.69, 9.17) is 9.84 Å². The molecule has 4 nitrogen and oxygen atoms in total. The summed E-state index contributed by atoms with van der Waals surface area (Å²) >= 11 is 0. The van der Waals surface area contributed by atoms with Gasteiger partial charge < -0.3 is 9.84 Å². The standard InChI is InChI=1S/C16H30O4/c1-16(2,3)12-8-4-7-11-15(19)20-13-9-5-6-10-14(17)18/h4-13H2,1-3H3,(H,17,18). The number of carbonyl (C=O) groups excluding carboxylic acids is 1. The highest BCUT2D eigenvalue weighted by Crippen LogP contribution is 2.22. The Balaban J connectivity index is 3.31. The van der Waals surface area contributed by atoms with Crippen LogP contribution in [-0.2, 0) is 14.3 Å². The van der Waals surface area contributed by atoms with E-state index in [2.05, 4.69) is 20.8 Å². The van der Waals surface area contributed by atoms with E-state index in [0.29, 0.717) is 24.9 Å². The van der Waals surface area contributed by atoms with Crippen LogP contribution in [0.25, 0.3) is 0 Å². The molecule has 0 atom stereocenters. The maximum Gasteiger partial charge on any atom is 0.305 e. The smallest absolute Gasteiger partial charge is 0.305 e. The molecule has 0 spiro atoms. The van der Waals surface area contributed by atoms with Crippen LogP contribution >= 0.6 is 0 Å². The lowest BCUT2D eigenvalue weighted by atomic mass is 9.89. The SMILES string of the molecule is CC(C)(C)CCCCCC(=O)OCCCCCC(=O)O. The van der Waals surface area contributed by atoms with Gasteiger partial charge >= 0.3 is 11.9 Å². The van der Waals surface area contributed by atoms with E-state index in [1.807, 2.05) is 0 Å². The van der Waals surface area contributed by atoms with Crippen molar-refractivity contribution in [3.05, 3.63) is 0 Å². The van der Waals surface area contributed by atoms with Crippen molar-refractivity contribution in [1.29, 1.82) is 0 Å². The van der Waals surface area contributed by atoms with Crippen LogP contribution in [0.2, 0.25) is 0 Å². The number of unbranched alkanes of at least 4 members (excludes halogenated alkanes) is 4. The predicted molar refractivity (Wildman–Crippen MR) is 79.6 cm³/mol. The lowest BCUT2D eigenvalue weighted by molar-refractivity contribution is -0.144. The van der Waals surface area contributed by atoms with Crippen molar-refractivity contribution in [3.63, 3.8) is 0 Å². The van der Waals surface area contributed by atoms with E-state index in [1.165, 1.54) is 6.42 Å². The fourth-order valence-corrected chi connectivity index (χ4v) is 1.91. The van der Waals surface area contributed by atoms with Gasteiger partial charge in [0.05, 0.1) is 6.61 Å². The molecule has 20 heavy (non-hydrogen) atoms. The number of carboxylic acid groups (broad SMARTS) is 1. The van der Waals surface area contributed by atoms with Gasteiger partial charge in [-0.15, -0.1) is 0 Å². The molecule has 0 fully saturated rings. The summed E-state index contributed by atoms with van der Waals surface area (Å²) < 4.78 is 5.11. The quantitative estimate of drug-likeness (QED) is 0.457. The Bertz CT molecular complexity index is 279. The Morgan fingerprint density at radius 1 is 0.900 bits per heavy atom. The molecule has 0 bridgehead atoms. The summed E-state index contributed by atoms with van der Waals surface area (Å²) in [6, 6.07) is 0. The van der Waals surface area contributed by atoms with Crippen molar-refractivity contribution >= 4 is 11.9 Å². The van der Waals surface area contributed by atoms with Crippen LogP contribution in [0.5, 0.6) is 0 Å². The van der Waals surface area contributed by atoms with Crippen LogP contribution < -0.4 is 0 Å². The summed E-state index contributed by atoms with van der Waals surface area (Å²) in [5.74, 6) is -0.892. The highest BCUT2D eigenvalue weighted by molar-refractivity contribution is 5.69. The molecular formula is C16H30O4. The minimum Gasteiger partial charge on any atom is -0.481 e. The molecular weight excluding hydrogens is 256 g/mol. The molecule has 118 valence electrons. The molecule has 4 heteroatoms. The molecule has 0 amide bonds. The first-order valence-electron chi connectivity index (χ1n) is 7.69. The lowest BCUT2D eigenvalue weighted by Gasteiger charge is -2.17. The Hall–Kier alpha value is -1.06. The van der Waals surface area contributed by atoms with Crippen molar-refractivity contribution in [2.45, 2.75) is 78.6 Å². The van der Waals surface area contributed by atoms with Crippen LogP contribution in [-0.4, -0.2) is 23.7 Å². The summed E-state index contributed by atoms with van der Waals surface area (Å²) in [6.45, 7) is 7.10. The Kier molecular flexibility index (Phi) is 10.1. The van der Waals surface area contributed by atoms with Gasteiger partial charge in [0.1, 0.15) is 0 Å². The molecule has 0 aliphatic carbocycles. The summed E-state index contributed by atoms with van der Waals surface area (Å²) in [5.41, 5.74) is 0.371. The highest BCUT2D eigenvalue weighted by atomic mass is 16.5. The number of hydrogen-bond acceptors (Lipinski definition) is 3. The zero-order chi connectivity index (χ0) is 15.4. The number of aliphatic carboxylic acids is 1. The van der Waals surface area contributed by atoms with Crippen LogP contribution in [0.3, 0.4) is 0 Å². The van der Waals surface area contributed by atoms with Crippen LogP contribution in [0.15, 0.2) is 0 Å². The second-order valence-corrected chi connectivity index (χ2v) is 6.55. The minimum atomic E-state index is -0.766. The molecule has 0 saturated heterocycles. The number of rotatable bonds is 11. The number of ether oxygens (including phenoxy) is 1. The second kappa shape index (κ2) is 10.7. The second-order valence-electron chi connectivity index (χ2n) is 6.55. The molecule has 0 radical (unpaired) electrons. The van der Waals surface area contributed by atoms with Gasteiger partial charge in [0.25, 0.3) is 0 Å². The molecule has 0 aromatic heterocycles. The van der Waals surface area contributed by atoms with Gasteiger partial charge in [0.2, 0.25) is 0 Å². The third kappa shape index (κ3) is 15.0. The minimum absolute atomic E-state index is 0.126. The largest absolute Gasteiger partial charge is 0.481 e. The highest BCUT2D eigenvalue weighted by Gasteiger charge is 2.09. The van der Waals surface area contributed by atoms with Gasteiger partial charge in [-0.1, -0.05) is 33.6 Å². The number of carboxylic acids is 1. The average Bonchev–Trinajstić information content (AvgIpc) is 2.31. The molecule has 0 heterocycles. The van der Waals surface area contributed by atoms with Crippen molar-refractivity contribution in [2.24, 2.45) is 5.41 Å². The van der Waals surface area contributed by atoms with Crippen LogP contribution in [0, 0.1) is 5.41 Å². The zero-order valence-electron chi connectivity index (χ0n) is 13.2. The topological polar surface area (TPSA) is 63.6 Å². The maximum atomic E-state index is 11.4. The number of hydrogen-bond donors (Lipinski definition) is 1. The van der Waals surface area contributed by atoms with E-state index in [9.17, 15) is 9.59 Å². The lowest BCUT2D eigenvalue weighted by Crippen LogP contribution is -2.07. The molecule has 1 N–H and O–H groups in total. The van der Waals surface area contributed by atoms with Gasteiger partial charge in [-0.25, -0.2) is 0 Å². The maximum absolute atomic E-state index is 11.4. The third-order valence-corrected chi connectivity index (χ3v) is 3.11. The first kappa shape index (κ1) is 18.9. The fraction of sp³-hybridized carbons (Fsp3) is 0.875.